The highest BCUT2D eigenvalue weighted by molar-refractivity contribution is 7.98. The number of carbonyl (C=O) groups is 2. The number of hydrogen-bond donors (Lipinski definition) is 3. The minimum absolute atomic E-state index is 0.190. The van der Waals surface area contributed by atoms with Gasteiger partial charge >= 0.3 is 5.97 Å². The number of carboxylic acids is 1. The minimum atomic E-state index is -1.00. The van der Waals surface area contributed by atoms with Crippen LogP contribution in [0.2, 0.25) is 10.0 Å². The predicted octanol–water partition coefficient (Wildman–Crippen LogP) is 5.64. The van der Waals surface area contributed by atoms with E-state index in [9.17, 15) is 19.8 Å². The van der Waals surface area contributed by atoms with E-state index in [1.54, 1.807) is 18.3 Å². The van der Waals surface area contributed by atoms with Crippen LogP contribution in [0.3, 0.4) is 0 Å². The highest BCUT2D eigenvalue weighted by atomic mass is 35.5. The van der Waals surface area contributed by atoms with Crippen LogP contribution in [-0.4, -0.2) is 57.5 Å². The monoisotopic (exact) mass is 573 g/mol. The lowest BCUT2D eigenvalue weighted by atomic mass is 9.94. The number of thioether (sulfide) groups is 1. The number of aromatic nitrogens is 1. The number of likely N-dealkylation sites (tertiary alicyclic amines) is 1. The minimum Gasteiger partial charge on any atom is -0.481 e. The van der Waals surface area contributed by atoms with Gasteiger partial charge in [-0.05, 0) is 54.5 Å². The first kappa shape index (κ1) is 28.4. The molecule has 0 bridgehead atoms. The lowest BCUT2D eigenvalue weighted by molar-refractivity contribution is -0.138. The highest BCUT2D eigenvalue weighted by Gasteiger charge is 2.29. The van der Waals surface area contributed by atoms with Crippen molar-refractivity contribution in [3.8, 4) is 0 Å². The van der Waals surface area contributed by atoms with Crippen molar-refractivity contribution >= 4 is 63.8 Å². The lowest BCUT2D eigenvalue weighted by Gasteiger charge is -2.34. The van der Waals surface area contributed by atoms with Crippen LogP contribution in [0.15, 0.2) is 59.6 Å². The number of pyridine rings is 1. The Kier molecular flexibility index (Phi) is 9.68. The molecule has 10 heteroatoms. The summed E-state index contributed by atoms with van der Waals surface area (Å²) in [5, 5.41) is 24.9. The number of halogens is 2. The lowest BCUT2D eigenvalue weighted by Crippen LogP contribution is -2.45. The first-order chi connectivity index (χ1) is 18.3. The Morgan fingerprint density at radius 2 is 1.92 bits per heavy atom. The molecule has 1 amide bonds. The Labute approximate surface area is 235 Å². The number of aliphatic hydroxyl groups is 1. The number of benzene rings is 2. The topological polar surface area (TPSA) is 103 Å². The van der Waals surface area contributed by atoms with Crippen molar-refractivity contribution in [2.75, 3.05) is 19.3 Å². The number of aliphatic carboxylic acids is 1. The summed E-state index contributed by atoms with van der Waals surface area (Å²) in [7, 11) is 0. The molecule has 1 fully saturated rings. The summed E-state index contributed by atoms with van der Waals surface area (Å²) in [6.07, 6.45) is 6.96. The normalized spacial score (nSPS) is 16.5. The van der Waals surface area contributed by atoms with E-state index < -0.39 is 18.2 Å². The maximum atomic E-state index is 13.1. The van der Waals surface area contributed by atoms with Crippen LogP contribution in [0.4, 0.5) is 0 Å². The standard InChI is InChI=1S/C28H29Cl2N3O4S/c1-38-23-8-6-17(26(29)27(23)30)7-9-24(34)33-12-10-18(11-13-33)28(37)32-22(15-25(35)36)20-14-19-4-2-3-5-21(19)31-16-20/h2-9,14,16,18,22,24,34H,10-13,15H2,1H3,(H,32,37)(H,35,36)/b9-7+. The van der Waals surface area contributed by atoms with Crippen molar-refractivity contribution in [3.05, 3.63) is 75.9 Å². The molecule has 0 spiro atoms. The predicted molar refractivity (Wildman–Crippen MR) is 152 cm³/mol. The van der Waals surface area contributed by atoms with E-state index in [1.807, 2.05) is 53.6 Å². The number of rotatable bonds is 9. The molecule has 2 unspecified atom stereocenters. The molecule has 1 aliphatic heterocycles. The number of carbonyl (C=O) groups excluding carboxylic acids is 1. The second-order valence-electron chi connectivity index (χ2n) is 9.19. The van der Waals surface area contributed by atoms with Gasteiger partial charge in [-0.3, -0.25) is 19.5 Å². The molecular formula is C28H29Cl2N3O4S. The third-order valence-electron chi connectivity index (χ3n) is 6.73. The molecule has 0 aliphatic carbocycles. The Morgan fingerprint density at radius 1 is 1.18 bits per heavy atom. The molecular weight excluding hydrogens is 545 g/mol. The fourth-order valence-electron chi connectivity index (χ4n) is 4.57. The maximum Gasteiger partial charge on any atom is 0.305 e. The second-order valence-corrected chi connectivity index (χ2v) is 10.8. The maximum absolute atomic E-state index is 13.1. The van der Waals surface area contributed by atoms with Gasteiger partial charge in [0.2, 0.25) is 5.91 Å². The van der Waals surface area contributed by atoms with Crippen LogP contribution in [0.1, 0.15) is 36.4 Å². The molecule has 0 saturated carbocycles. The Hall–Kier alpha value is -2.62. The summed E-state index contributed by atoms with van der Waals surface area (Å²) in [5.74, 6) is -1.47. The van der Waals surface area contributed by atoms with Crippen LogP contribution >= 0.6 is 35.0 Å². The number of amides is 1. The fraction of sp³-hybridized carbons (Fsp3) is 0.321. The first-order valence-electron chi connectivity index (χ1n) is 12.3. The first-order valence-corrected chi connectivity index (χ1v) is 14.2. The zero-order chi connectivity index (χ0) is 27.2. The van der Waals surface area contributed by atoms with E-state index in [0.717, 1.165) is 21.4 Å². The fourth-order valence-corrected chi connectivity index (χ4v) is 5.74. The van der Waals surface area contributed by atoms with Crippen molar-refractivity contribution in [2.24, 2.45) is 5.92 Å². The number of fused-ring (bicyclic) bond motifs is 1. The molecule has 0 radical (unpaired) electrons. The average molecular weight is 575 g/mol. The summed E-state index contributed by atoms with van der Waals surface area (Å²) in [5.41, 5.74) is 2.18. The molecule has 3 aromatic rings. The molecule has 2 atom stereocenters. The molecule has 4 rings (SSSR count). The van der Waals surface area contributed by atoms with Crippen molar-refractivity contribution in [2.45, 2.75) is 36.4 Å². The molecule has 1 saturated heterocycles. The van der Waals surface area contributed by atoms with Gasteiger partial charge < -0.3 is 15.5 Å². The molecule has 3 N–H and O–H groups in total. The number of hydrogen-bond acceptors (Lipinski definition) is 6. The molecule has 1 aliphatic rings. The molecule has 2 heterocycles. The molecule has 200 valence electrons. The SMILES string of the molecule is CSc1ccc(/C=C/C(O)N2CCC(C(=O)NC(CC(=O)O)c3cnc4ccccc4c3)CC2)c(Cl)c1Cl. The van der Waals surface area contributed by atoms with Crippen molar-refractivity contribution < 1.29 is 19.8 Å². The van der Waals surface area contributed by atoms with Gasteiger partial charge in [0, 0.05) is 35.5 Å². The zero-order valence-electron chi connectivity index (χ0n) is 20.8. The molecule has 1 aromatic heterocycles. The number of piperidine rings is 1. The number of aliphatic hydroxyl groups excluding tert-OH is 1. The third kappa shape index (κ3) is 6.87. The number of para-hydroxylation sites is 1. The number of nitrogens with zero attached hydrogens (tertiary/aromatic N) is 2. The van der Waals surface area contributed by atoms with Crippen LogP contribution in [-0.2, 0) is 9.59 Å². The smallest absolute Gasteiger partial charge is 0.305 e. The van der Waals surface area contributed by atoms with Crippen LogP contribution in [0.5, 0.6) is 0 Å². The molecule has 7 nitrogen and oxygen atoms in total. The van der Waals surface area contributed by atoms with Gasteiger partial charge in [0.1, 0.15) is 6.23 Å². The Morgan fingerprint density at radius 3 is 2.63 bits per heavy atom. The quantitative estimate of drug-likeness (QED) is 0.284. The van der Waals surface area contributed by atoms with Crippen LogP contribution in [0, 0.1) is 5.92 Å². The van der Waals surface area contributed by atoms with Crippen molar-refractivity contribution in [3.63, 3.8) is 0 Å². The average Bonchev–Trinajstić information content (AvgIpc) is 2.93. The van der Waals surface area contributed by atoms with Gasteiger partial charge in [-0.15, -0.1) is 11.8 Å². The van der Waals surface area contributed by atoms with E-state index in [4.69, 9.17) is 23.2 Å². The molecule has 38 heavy (non-hydrogen) atoms. The Bertz CT molecular complexity index is 1340. The number of carboxylic acid groups (broad SMARTS) is 1. The second kappa shape index (κ2) is 13.0. The van der Waals surface area contributed by atoms with E-state index in [2.05, 4.69) is 10.3 Å². The largest absolute Gasteiger partial charge is 0.481 e. The van der Waals surface area contributed by atoms with Crippen molar-refractivity contribution in [1.29, 1.82) is 0 Å². The van der Waals surface area contributed by atoms with Crippen molar-refractivity contribution in [1.82, 2.24) is 15.2 Å². The van der Waals surface area contributed by atoms with Gasteiger partial charge in [0.25, 0.3) is 0 Å². The van der Waals surface area contributed by atoms with E-state index in [1.165, 1.54) is 11.8 Å². The summed E-state index contributed by atoms with van der Waals surface area (Å²) >= 11 is 14.2. The van der Waals surface area contributed by atoms with Crippen LogP contribution < -0.4 is 5.32 Å². The summed E-state index contributed by atoms with van der Waals surface area (Å²) in [6, 6.07) is 12.5. The zero-order valence-corrected chi connectivity index (χ0v) is 23.1. The van der Waals surface area contributed by atoms with E-state index in [0.29, 0.717) is 41.5 Å². The summed E-state index contributed by atoms with van der Waals surface area (Å²) in [4.78, 5) is 31.8. The summed E-state index contributed by atoms with van der Waals surface area (Å²) in [6.45, 7) is 1.04. The van der Waals surface area contributed by atoms with Gasteiger partial charge in [0.05, 0.1) is 28.0 Å². The van der Waals surface area contributed by atoms with E-state index >= 15 is 0 Å². The summed E-state index contributed by atoms with van der Waals surface area (Å²) < 4.78 is 0. The Balaban J connectivity index is 1.36. The van der Waals surface area contributed by atoms with Gasteiger partial charge in [-0.1, -0.05) is 53.5 Å². The third-order valence-corrected chi connectivity index (χ3v) is 8.52. The van der Waals surface area contributed by atoms with E-state index in [-0.39, 0.29) is 18.2 Å². The van der Waals surface area contributed by atoms with Gasteiger partial charge in [0.15, 0.2) is 0 Å². The van der Waals surface area contributed by atoms with Crippen LogP contribution in [0.25, 0.3) is 17.0 Å². The number of nitrogens with one attached hydrogen (secondary N) is 1. The molecule has 2 aromatic carbocycles. The highest BCUT2D eigenvalue weighted by Crippen LogP contribution is 2.35. The van der Waals surface area contributed by atoms with Gasteiger partial charge in [-0.2, -0.15) is 0 Å². The van der Waals surface area contributed by atoms with Gasteiger partial charge in [-0.25, -0.2) is 0 Å².